The summed E-state index contributed by atoms with van der Waals surface area (Å²) in [4.78, 5) is 21.1. The number of methoxy groups -OCH3 is 2. The molecule has 182 valence electrons. The predicted octanol–water partition coefficient (Wildman–Crippen LogP) is 4.04. The number of rotatable bonds is 10. The molecule has 0 fully saturated rings. The monoisotopic (exact) mass is 496 g/mol. The van der Waals surface area contributed by atoms with Gasteiger partial charge in [-0.1, -0.05) is 18.5 Å². The van der Waals surface area contributed by atoms with Gasteiger partial charge in [0.1, 0.15) is 12.9 Å². The van der Waals surface area contributed by atoms with Gasteiger partial charge >= 0.3 is 0 Å². The molecule has 35 heavy (non-hydrogen) atoms. The first-order valence-corrected chi connectivity index (χ1v) is 11.2. The first kappa shape index (κ1) is 24.2. The van der Waals surface area contributed by atoms with Gasteiger partial charge in [-0.05, 0) is 36.4 Å². The van der Waals surface area contributed by atoms with Crippen molar-refractivity contribution in [2.24, 2.45) is 0 Å². The van der Waals surface area contributed by atoms with Crippen LogP contribution in [0.2, 0.25) is 5.02 Å². The van der Waals surface area contributed by atoms with Crippen LogP contribution in [-0.4, -0.2) is 46.4 Å². The van der Waals surface area contributed by atoms with E-state index in [1.54, 1.807) is 44.7 Å². The lowest BCUT2D eigenvalue weighted by molar-refractivity contribution is -0.116. The standard InChI is InChI=1S/C24H25ClN6O4/c1-4-26-10-15-7-16(5-6-19(15)25)30-23(32)13-31-12-17(11-29-31)35-24-18-8-21(33-2)22(34-3)9-20(18)27-14-28-24/h5-9,11-12,14,26H,4,10,13H2,1-3H3,(H,30,32). The lowest BCUT2D eigenvalue weighted by Crippen LogP contribution is -2.19. The number of ether oxygens (including phenoxy) is 3. The largest absolute Gasteiger partial charge is 0.493 e. The number of hydrogen-bond acceptors (Lipinski definition) is 8. The molecule has 10 nitrogen and oxygen atoms in total. The summed E-state index contributed by atoms with van der Waals surface area (Å²) < 4.78 is 18.1. The minimum Gasteiger partial charge on any atom is -0.493 e. The molecule has 11 heteroatoms. The average Bonchev–Trinajstić information content (AvgIpc) is 3.30. The normalized spacial score (nSPS) is 10.9. The maximum Gasteiger partial charge on any atom is 0.246 e. The van der Waals surface area contributed by atoms with Crippen molar-refractivity contribution in [3.8, 4) is 23.1 Å². The van der Waals surface area contributed by atoms with Crippen molar-refractivity contribution < 1.29 is 19.0 Å². The summed E-state index contributed by atoms with van der Waals surface area (Å²) in [6.45, 7) is 3.46. The molecule has 2 N–H and O–H groups in total. The van der Waals surface area contributed by atoms with Gasteiger partial charge in [0.25, 0.3) is 0 Å². The number of nitrogens with zero attached hydrogens (tertiary/aromatic N) is 4. The van der Waals surface area contributed by atoms with Crippen LogP contribution in [0.25, 0.3) is 10.9 Å². The summed E-state index contributed by atoms with van der Waals surface area (Å²) in [6, 6.07) is 8.87. The molecule has 2 heterocycles. The second-order valence-electron chi connectivity index (χ2n) is 7.51. The molecule has 2 aromatic heterocycles. The van der Waals surface area contributed by atoms with Crippen molar-refractivity contribution >= 4 is 34.1 Å². The number of hydrogen-bond donors (Lipinski definition) is 2. The lowest BCUT2D eigenvalue weighted by atomic mass is 10.2. The van der Waals surface area contributed by atoms with Gasteiger partial charge in [-0.15, -0.1) is 0 Å². The maximum atomic E-state index is 12.6. The molecule has 0 spiro atoms. The van der Waals surface area contributed by atoms with Gasteiger partial charge in [0.15, 0.2) is 17.2 Å². The van der Waals surface area contributed by atoms with Gasteiger partial charge in [-0.25, -0.2) is 9.97 Å². The summed E-state index contributed by atoms with van der Waals surface area (Å²) in [6.07, 6.45) is 4.53. The minimum atomic E-state index is -0.235. The van der Waals surface area contributed by atoms with E-state index in [2.05, 4.69) is 25.7 Å². The molecule has 0 unspecified atom stereocenters. The zero-order valence-corrected chi connectivity index (χ0v) is 20.3. The van der Waals surface area contributed by atoms with E-state index in [9.17, 15) is 4.79 Å². The third kappa shape index (κ3) is 5.79. The second kappa shape index (κ2) is 11.0. The molecule has 0 aliphatic carbocycles. The molecule has 0 saturated heterocycles. The quantitative estimate of drug-likeness (QED) is 0.338. The van der Waals surface area contributed by atoms with E-state index in [0.29, 0.717) is 51.3 Å². The van der Waals surface area contributed by atoms with Gasteiger partial charge in [-0.2, -0.15) is 5.10 Å². The molecule has 4 rings (SSSR count). The molecule has 0 radical (unpaired) electrons. The molecule has 0 bridgehead atoms. The zero-order valence-electron chi connectivity index (χ0n) is 19.5. The Balaban J connectivity index is 1.45. The molecule has 0 aliphatic heterocycles. The van der Waals surface area contributed by atoms with Crippen LogP contribution in [0.4, 0.5) is 5.69 Å². The molecule has 4 aromatic rings. The Morgan fingerprint density at radius 3 is 2.69 bits per heavy atom. The van der Waals surface area contributed by atoms with E-state index in [-0.39, 0.29) is 12.5 Å². The molecule has 2 aromatic carbocycles. The predicted molar refractivity (Wildman–Crippen MR) is 132 cm³/mol. The van der Waals surface area contributed by atoms with Crippen molar-refractivity contribution in [1.29, 1.82) is 0 Å². The highest BCUT2D eigenvalue weighted by Crippen LogP contribution is 2.35. The summed E-state index contributed by atoms with van der Waals surface area (Å²) in [5.74, 6) is 1.60. The molecule has 1 amide bonds. The van der Waals surface area contributed by atoms with Gasteiger partial charge < -0.3 is 24.8 Å². The number of halogens is 1. The summed E-state index contributed by atoms with van der Waals surface area (Å²) >= 11 is 6.23. The number of carbonyl (C=O) groups is 1. The van der Waals surface area contributed by atoms with Crippen LogP contribution in [0.5, 0.6) is 23.1 Å². The van der Waals surface area contributed by atoms with E-state index < -0.39 is 0 Å². The first-order chi connectivity index (χ1) is 17.0. The first-order valence-electron chi connectivity index (χ1n) is 10.9. The number of anilines is 1. The highest BCUT2D eigenvalue weighted by molar-refractivity contribution is 6.31. The summed E-state index contributed by atoms with van der Waals surface area (Å²) in [7, 11) is 3.11. The highest BCUT2D eigenvalue weighted by atomic mass is 35.5. The van der Waals surface area contributed by atoms with Crippen LogP contribution in [-0.2, 0) is 17.9 Å². The van der Waals surface area contributed by atoms with Gasteiger partial charge in [0.05, 0.1) is 37.5 Å². The Kier molecular flexibility index (Phi) is 7.64. The molecular formula is C24H25ClN6O4. The van der Waals surface area contributed by atoms with Crippen LogP contribution < -0.4 is 24.8 Å². The van der Waals surface area contributed by atoms with Crippen LogP contribution in [0.15, 0.2) is 49.1 Å². The zero-order chi connectivity index (χ0) is 24.8. The number of fused-ring (bicyclic) bond motifs is 1. The van der Waals surface area contributed by atoms with Crippen molar-refractivity contribution in [2.45, 2.75) is 20.0 Å². The maximum absolute atomic E-state index is 12.6. The third-order valence-electron chi connectivity index (χ3n) is 5.13. The lowest BCUT2D eigenvalue weighted by Gasteiger charge is -2.10. The van der Waals surface area contributed by atoms with E-state index >= 15 is 0 Å². The highest BCUT2D eigenvalue weighted by Gasteiger charge is 2.14. The second-order valence-corrected chi connectivity index (χ2v) is 7.92. The fourth-order valence-electron chi connectivity index (χ4n) is 3.43. The van der Waals surface area contributed by atoms with Crippen molar-refractivity contribution in [1.82, 2.24) is 25.1 Å². The van der Waals surface area contributed by atoms with Crippen LogP contribution in [0.1, 0.15) is 12.5 Å². The fourth-order valence-corrected chi connectivity index (χ4v) is 3.62. The van der Waals surface area contributed by atoms with Crippen molar-refractivity contribution in [3.63, 3.8) is 0 Å². The molecule has 0 aliphatic rings. The SMILES string of the molecule is CCNCc1cc(NC(=O)Cn2cc(Oc3ncnc4cc(OC)c(OC)cc34)cn2)ccc1Cl. The summed E-state index contributed by atoms with van der Waals surface area (Å²) in [5, 5.41) is 11.6. The molecular weight excluding hydrogens is 472 g/mol. The third-order valence-corrected chi connectivity index (χ3v) is 5.50. The van der Waals surface area contributed by atoms with Gasteiger partial charge in [-0.3, -0.25) is 9.48 Å². The van der Waals surface area contributed by atoms with Crippen molar-refractivity contribution in [3.05, 3.63) is 59.6 Å². The fraction of sp³-hybridized carbons (Fsp3) is 0.250. The minimum absolute atomic E-state index is 0.00404. The van der Waals surface area contributed by atoms with Gasteiger partial charge in [0, 0.05) is 23.3 Å². The Labute approximate surface area is 207 Å². The number of aromatic nitrogens is 4. The Bertz CT molecular complexity index is 1340. The van der Waals surface area contributed by atoms with E-state index in [4.69, 9.17) is 25.8 Å². The van der Waals surface area contributed by atoms with Crippen LogP contribution in [0, 0.1) is 0 Å². The van der Waals surface area contributed by atoms with E-state index in [1.165, 1.54) is 17.2 Å². The average molecular weight is 497 g/mol. The molecule has 0 saturated carbocycles. The van der Waals surface area contributed by atoms with Crippen LogP contribution >= 0.6 is 11.6 Å². The topological polar surface area (TPSA) is 112 Å². The smallest absolute Gasteiger partial charge is 0.246 e. The van der Waals surface area contributed by atoms with Crippen LogP contribution in [0.3, 0.4) is 0 Å². The number of nitrogens with one attached hydrogen (secondary N) is 2. The number of carbonyl (C=O) groups excluding carboxylic acids is 1. The summed E-state index contributed by atoms with van der Waals surface area (Å²) in [5.41, 5.74) is 2.20. The number of amides is 1. The Morgan fingerprint density at radius 1 is 1.11 bits per heavy atom. The number of benzene rings is 2. The Morgan fingerprint density at radius 2 is 1.91 bits per heavy atom. The van der Waals surface area contributed by atoms with E-state index in [1.807, 2.05) is 13.0 Å². The van der Waals surface area contributed by atoms with Crippen molar-refractivity contribution in [2.75, 3.05) is 26.1 Å². The Hall–Kier alpha value is -3.89. The van der Waals surface area contributed by atoms with E-state index in [0.717, 1.165) is 12.1 Å². The van der Waals surface area contributed by atoms with Gasteiger partial charge in [0.2, 0.25) is 11.8 Å². The molecule has 0 atom stereocenters.